The molecule has 1 spiro atoms. The van der Waals surface area contributed by atoms with Gasteiger partial charge in [-0.25, -0.2) is 9.97 Å². The smallest absolute Gasteiger partial charge is 0.230 e. The number of methoxy groups -OCH3 is 1. The molecule has 0 atom stereocenters. The molecule has 0 aromatic carbocycles. The van der Waals surface area contributed by atoms with Crippen molar-refractivity contribution < 1.29 is 9.53 Å². The van der Waals surface area contributed by atoms with Crippen molar-refractivity contribution in [1.29, 1.82) is 0 Å². The fourth-order valence-electron chi connectivity index (χ4n) is 5.98. The van der Waals surface area contributed by atoms with Crippen LogP contribution in [0.4, 0.5) is 17.5 Å². The van der Waals surface area contributed by atoms with E-state index in [0.717, 1.165) is 80.7 Å². The van der Waals surface area contributed by atoms with Crippen LogP contribution in [0.25, 0.3) is 11.0 Å². The Labute approximate surface area is 205 Å². The van der Waals surface area contributed by atoms with Crippen LogP contribution < -0.4 is 10.2 Å². The molecule has 184 valence electrons. The Hall–Kier alpha value is -3.04. The highest BCUT2D eigenvalue weighted by atomic mass is 16.5. The highest BCUT2D eigenvalue weighted by Gasteiger charge is 2.43. The third-order valence-electron chi connectivity index (χ3n) is 8.17. The van der Waals surface area contributed by atoms with Crippen LogP contribution in [0.1, 0.15) is 49.0 Å². The first-order valence-corrected chi connectivity index (χ1v) is 12.7. The molecule has 9 nitrogen and oxygen atoms in total. The lowest BCUT2D eigenvalue weighted by molar-refractivity contribution is 0.0238. The number of carbonyl (C=O) groups is 1. The van der Waals surface area contributed by atoms with E-state index >= 15 is 0 Å². The Bertz CT molecular complexity index is 1220. The molecule has 1 saturated carbocycles. The number of piperazine rings is 1. The SMILES string of the molecule is COC1CCC2(CCC(=O)c3cc4cnc(Nc5ccc(N6CCN(C)CC6)cn5)nc4n32)CC1. The minimum absolute atomic E-state index is 0.0753. The minimum Gasteiger partial charge on any atom is -0.381 e. The van der Waals surface area contributed by atoms with Gasteiger partial charge in [-0.3, -0.25) is 4.79 Å². The van der Waals surface area contributed by atoms with Gasteiger partial charge in [0.25, 0.3) is 0 Å². The largest absolute Gasteiger partial charge is 0.381 e. The van der Waals surface area contributed by atoms with E-state index < -0.39 is 0 Å². The summed E-state index contributed by atoms with van der Waals surface area (Å²) in [5, 5.41) is 4.18. The zero-order valence-corrected chi connectivity index (χ0v) is 20.5. The van der Waals surface area contributed by atoms with Gasteiger partial charge in [0, 0.05) is 56.8 Å². The van der Waals surface area contributed by atoms with E-state index in [9.17, 15) is 4.79 Å². The van der Waals surface area contributed by atoms with Gasteiger partial charge in [0.2, 0.25) is 5.95 Å². The third kappa shape index (κ3) is 4.06. The summed E-state index contributed by atoms with van der Waals surface area (Å²) in [5.41, 5.74) is 2.65. The van der Waals surface area contributed by atoms with Gasteiger partial charge in [0.1, 0.15) is 11.5 Å². The second-order valence-corrected chi connectivity index (χ2v) is 10.2. The number of ketones is 1. The number of ether oxygens (including phenoxy) is 1. The van der Waals surface area contributed by atoms with Crippen LogP contribution in [-0.4, -0.2) is 76.6 Å². The van der Waals surface area contributed by atoms with Crippen LogP contribution in [-0.2, 0) is 10.3 Å². The Kier molecular flexibility index (Phi) is 5.69. The Balaban J connectivity index is 1.27. The average molecular weight is 476 g/mol. The lowest BCUT2D eigenvalue weighted by Gasteiger charge is -2.44. The van der Waals surface area contributed by atoms with Crippen molar-refractivity contribution in [3.8, 4) is 0 Å². The summed E-state index contributed by atoms with van der Waals surface area (Å²) in [6.45, 7) is 4.14. The molecule has 1 N–H and O–H groups in total. The second kappa shape index (κ2) is 8.87. The summed E-state index contributed by atoms with van der Waals surface area (Å²) in [6.07, 6.45) is 9.48. The van der Waals surface area contributed by atoms with Gasteiger partial charge in [-0.05, 0) is 57.4 Å². The zero-order chi connectivity index (χ0) is 24.0. The van der Waals surface area contributed by atoms with Gasteiger partial charge in [0.15, 0.2) is 5.78 Å². The maximum absolute atomic E-state index is 12.8. The van der Waals surface area contributed by atoms with E-state index in [1.165, 1.54) is 0 Å². The van der Waals surface area contributed by atoms with Crippen LogP contribution >= 0.6 is 0 Å². The summed E-state index contributed by atoms with van der Waals surface area (Å²) in [5.74, 6) is 1.40. The Morgan fingerprint density at radius 3 is 2.57 bits per heavy atom. The molecule has 3 aromatic rings. The van der Waals surface area contributed by atoms with E-state index in [1.54, 1.807) is 7.11 Å². The van der Waals surface area contributed by atoms with Gasteiger partial charge in [-0.15, -0.1) is 0 Å². The van der Waals surface area contributed by atoms with E-state index in [2.05, 4.69) is 42.8 Å². The number of likely N-dealkylation sites (N-methyl/N-ethyl adjacent to an activating group) is 1. The first-order valence-electron chi connectivity index (χ1n) is 12.7. The average Bonchev–Trinajstić information content (AvgIpc) is 3.29. The van der Waals surface area contributed by atoms with E-state index in [1.807, 2.05) is 24.5 Å². The molecule has 0 unspecified atom stereocenters. The van der Waals surface area contributed by atoms with Crippen molar-refractivity contribution in [1.82, 2.24) is 24.4 Å². The van der Waals surface area contributed by atoms with E-state index in [-0.39, 0.29) is 11.3 Å². The van der Waals surface area contributed by atoms with Crippen molar-refractivity contribution in [2.75, 3.05) is 50.6 Å². The molecule has 3 aliphatic rings. The van der Waals surface area contributed by atoms with Crippen molar-refractivity contribution in [2.24, 2.45) is 0 Å². The number of aromatic nitrogens is 4. The Morgan fingerprint density at radius 2 is 1.86 bits per heavy atom. The molecule has 2 fully saturated rings. The number of anilines is 3. The van der Waals surface area contributed by atoms with Gasteiger partial charge in [0.05, 0.1) is 23.7 Å². The molecule has 9 heteroatoms. The highest BCUT2D eigenvalue weighted by Crippen LogP contribution is 2.45. The van der Waals surface area contributed by atoms with Gasteiger partial charge in [-0.2, -0.15) is 4.98 Å². The van der Waals surface area contributed by atoms with Crippen molar-refractivity contribution in [3.05, 3.63) is 36.3 Å². The van der Waals surface area contributed by atoms with Crippen LogP contribution in [0, 0.1) is 0 Å². The predicted molar refractivity (Wildman–Crippen MR) is 136 cm³/mol. The van der Waals surface area contributed by atoms with Gasteiger partial charge >= 0.3 is 0 Å². The van der Waals surface area contributed by atoms with Crippen LogP contribution in [0.3, 0.4) is 0 Å². The van der Waals surface area contributed by atoms with Crippen molar-refractivity contribution in [2.45, 2.75) is 50.2 Å². The molecule has 1 saturated heterocycles. The minimum atomic E-state index is -0.0753. The van der Waals surface area contributed by atoms with Crippen LogP contribution in [0.5, 0.6) is 0 Å². The number of Topliss-reactive ketones (excluding diaryl/α,β-unsaturated/α-hetero) is 1. The van der Waals surface area contributed by atoms with E-state index in [0.29, 0.717) is 24.3 Å². The lowest BCUT2D eigenvalue weighted by atomic mass is 9.74. The number of fused-ring (bicyclic) bond motifs is 4. The highest BCUT2D eigenvalue weighted by molar-refractivity contribution is 6.00. The number of hydrogen-bond acceptors (Lipinski definition) is 8. The van der Waals surface area contributed by atoms with Gasteiger partial charge < -0.3 is 24.4 Å². The molecule has 1 aliphatic carbocycles. The number of nitrogens with zero attached hydrogens (tertiary/aromatic N) is 6. The van der Waals surface area contributed by atoms with Crippen molar-refractivity contribution >= 4 is 34.3 Å². The second-order valence-electron chi connectivity index (χ2n) is 10.2. The molecule has 3 aromatic heterocycles. The first kappa shape index (κ1) is 22.4. The molecule has 2 aliphatic heterocycles. The quantitative estimate of drug-likeness (QED) is 0.613. The molecule has 6 rings (SSSR count). The topological polar surface area (TPSA) is 88.4 Å². The van der Waals surface area contributed by atoms with Crippen molar-refractivity contribution in [3.63, 3.8) is 0 Å². The fourth-order valence-corrected chi connectivity index (χ4v) is 5.98. The number of pyridine rings is 1. The predicted octanol–water partition coefficient (Wildman–Crippen LogP) is 3.58. The standard InChI is InChI=1S/C26H33N7O2/c1-31-11-13-32(14-12-31)19-3-4-23(27-17-19)29-25-28-16-18-15-21-22(34)7-10-26(33(21)24(18)30-25)8-5-20(35-2)6-9-26/h3-4,15-17,20H,5-14H2,1-2H3,(H,27,28,29,30). The summed E-state index contributed by atoms with van der Waals surface area (Å²) in [7, 11) is 3.95. The number of hydrogen-bond donors (Lipinski definition) is 1. The molecule has 0 amide bonds. The zero-order valence-electron chi connectivity index (χ0n) is 20.5. The van der Waals surface area contributed by atoms with Crippen LogP contribution in [0.2, 0.25) is 0 Å². The number of nitrogens with one attached hydrogen (secondary N) is 1. The summed E-state index contributed by atoms with van der Waals surface area (Å²) >= 11 is 0. The van der Waals surface area contributed by atoms with Crippen LogP contribution in [0.15, 0.2) is 30.6 Å². The summed E-state index contributed by atoms with van der Waals surface area (Å²) in [4.78, 5) is 31.6. The molecule has 5 heterocycles. The molecular formula is C26H33N7O2. The maximum atomic E-state index is 12.8. The maximum Gasteiger partial charge on any atom is 0.230 e. The molecule has 0 bridgehead atoms. The molecule has 0 radical (unpaired) electrons. The summed E-state index contributed by atoms with van der Waals surface area (Å²) < 4.78 is 7.84. The first-order chi connectivity index (χ1) is 17.0. The fraction of sp³-hybridized carbons (Fsp3) is 0.538. The van der Waals surface area contributed by atoms with E-state index in [4.69, 9.17) is 9.72 Å². The van der Waals surface area contributed by atoms with Gasteiger partial charge in [-0.1, -0.05) is 0 Å². The lowest BCUT2D eigenvalue weighted by Crippen LogP contribution is -2.44. The number of carbonyl (C=O) groups excluding carboxylic acids is 1. The monoisotopic (exact) mass is 475 g/mol. The number of rotatable bonds is 4. The third-order valence-corrected chi connectivity index (χ3v) is 8.17. The molecular weight excluding hydrogens is 442 g/mol. The summed E-state index contributed by atoms with van der Waals surface area (Å²) in [6, 6.07) is 6.04. The Morgan fingerprint density at radius 1 is 1.06 bits per heavy atom. The normalized spacial score (nSPS) is 25.3. The molecule has 35 heavy (non-hydrogen) atoms.